The van der Waals surface area contributed by atoms with E-state index in [9.17, 15) is 0 Å². The first kappa shape index (κ1) is 10.5. The minimum atomic E-state index is 0.533. The van der Waals surface area contributed by atoms with Crippen LogP contribution in [0.1, 0.15) is 12.6 Å². The van der Waals surface area contributed by atoms with Gasteiger partial charge < -0.3 is 10.6 Å². The van der Waals surface area contributed by atoms with E-state index in [0.29, 0.717) is 5.82 Å². The first-order chi connectivity index (χ1) is 6.63. The Labute approximate surface area is 84.5 Å². The molecule has 0 fully saturated rings. The van der Waals surface area contributed by atoms with Crippen molar-refractivity contribution in [1.82, 2.24) is 9.88 Å². The maximum Gasteiger partial charge on any atom is 0.123 e. The third kappa shape index (κ3) is 2.73. The van der Waals surface area contributed by atoms with Crippen molar-refractivity contribution in [1.29, 1.82) is 0 Å². The molecule has 0 saturated heterocycles. The monoisotopic (exact) mass is 192 g/mol. The van der Waals surface area contributed by atoms with Crippen molar-refractivity contribution in [2.75, 3.05) is 19.3 Å². The number of hydrogen-bond acceptors (Lipinski definition) is 3. The Morgan fingerprint density at radius 2 is 2.29 bits per heavy atom. The molecule has 1 aromatic heterocycles. The van der Waals surface area contributed by atoms with Crippen LogP contribution in [0.5, 0.6) is 0 Å². The molecule has 0 saturated carbocycles. The summed E-state index contributed by atoms with van der Waals surface area (Å²) in [5, 5.41) is 0. The van der Waals surface area contributed by atoms with Crippen molar-refractivity contribution in [3.05, 3.63) is 17.8 Å². The molecule has 0 unspecified atom stereocenters. The lowest BCUT2D eigenvalue weighted by molar-refractivity contribution is 0.552. The minimum absolute atomic E-state index is 0.533. The molecule has 0 spiro atoms. The molecule has 76 valence electrons. The first-order valence-corrected chi connectivity index (χ1v) is 4.61. The van der Waals surface area contributed by atoms with Gasteiger partial charge in [0.25, 0.3) is 0 Å². The van der Waals surface area contributed by atoms with Gasteiger partial charge in [0.2, 0.25) is 0 Å². The van der Waals surface area contributed by atoms with Crippen LogP contribution in [0.15, 0.2) is 17.1 Å². The second-order valence-electron chi connectivity index (χ2n) is 3.16. The van der Waals surface area contributed by atoms with Crippen LogP contribution in [-0.2, 0) is 0 Å². The zero-order valence-corrected chi connectivity index (χ0v) is 8.86. The number of anilines is 1. The standard InChI is InChI=1S/C10H16N4/c1-4-14(3)7-12-9-5-6-10(11)13-8(9)2/h5-7H,4H2,1-3H3,(H2,11,13). The van der Waals surface area contributed by atoms with Crippen molar-refractivity contribution in [2.24, 2.45) is 4.99 Å². The zero-order valence-electron chi connectivity index (χ0n) is 8.86. The molecule has 14 heavy (non-hydrogen) atoms. The highest BCUT2D eigenvalue weighted by Gasteiger charge is 1.97. The van der Waals surface area contributed by atoms with Crippen molar-refractivity contribution < 1.29 is 0 Å². The van der Waals surface area contributed by atoms with E-state index < -0.39 is 0 Å². The molecule has 0 amide bonds. The lowest BCUT2D eigenvalue weighted by Gasteiger charge is -2.08. The summed E-state index contributed by atoms with van der Waals surface area (Å²) < 4.78 is 0. The van der Waals surface area contributed by atoms with Crippen molar-refractivity contribution in [3.8, 4) is 0 Å². The lowest BCUT2D eigenvalue weighted by Crippen LogP contribution is -2.14. The summed E-state index contributed by atoms with van der Waals surface area (Å²) in [4.78, 5) is 10.4. The van der Waals surface area contributed by atoms with Gasteiger partial charge in [0.05, 0.1) is 17.7 Å². The number of nitrogen functional groups attached to an aromatic ring is 1. The molecule has 0 aromatic carbocycles. The zero-order chi connectivity index (χ0) is 10.6. The van der Waals surface area contributed by atoms with E-state index in [0.717, 1.165) is 17.9 Å². The van der Waals surface area contributed by atoms with E-state index in [-0.39, 0.29) is 0 Å². The van der Waals surface area contributed by atoms with Crippen molar-refractivity contribution in [3.63, 3.8) is 0 Å². The van der Waals surface area contributed by atoms with Gasteiger partial charge in [-0.15, -0.1) is 0 Å². The van der Waals surface area contributed by atoms with Crippen LogP contribution in [0.25, 0.3) is 0 Å². The highest BCUT2D eigenvalue weighted by Crippen LogP contribution is 2.16. The molecule has 0 aliphatic rings. The summed E-state index contributed by atoms with van der Waals surface area (Å²) in [5.74, 6) is 0.533. The fraction of sp³-hybridized carbons (Fsp3) is 0.400. The van der Waals surface area contributed by atoms with Gasteiger partial charge in [-0.25, -0.2) is 9.98 Å². The Balaban J connectivity index is 2.82. The molecule has 1 aromatic rings. The number of hydrogen-bond donors (Lipinski definition) is 1. The summed E-state index contributed by atoms with van der Waals surface area (Å²) in [7, 11) is 1.98. The summed E-state index contributed by atoms with van der Waals surface area (Å²) in [6.07, 6.45) is 1.79. The van der Waals surface area contributed by atoms with E-state index in [4.69, 9.17) is 5.73 Å². The number of nitrogens with zero attached hydrogens (tertiary/aromatic N) is 3. The van der Waals surface area contributed by atoms with Crippen LogP contribution in [0.4, 0.5) is 11.5 Å². The van der Waals surface area contributed by atoms with E-state index >= 15 is 0 Å². The summed E-state index contributed by atoms with van der Waals surface area (Å²) in [6.45, 7) is 4.90. The Morgan fingerprint density at radius 3 is 2.86 bits per heavy atom. The normalized spacial score (nSPS) is 10.8. The number of pyridine rings is 1. The van der Waals surface area contributed by atoms with Crippen LogP contribution in [0, 0.1) is 6.92 Å². The average Bonchev–Trinajstić information content (AvgIpc) is 2.16. The predicted molar refractivity (Wildman–Crippen MR) is 59.8 cm³/mol. The predicted octanol–water partition coefficient (Wildman–Crippen LogP) is 1.58. The Hall–Kier alpha value is -1.58. The topological polar surface area (TPSA) is 54.5 Å². The Morgan fingerprint density at radius 1 is 1.57 bits per heavy atom. The second kappa shape index (κ2) is 4.60. The van der Waals surface area contributed by atoms with Crippen LogP contribution >= 0.6 is 0 Å². The summed E-state index contributed by atoms with van der Waals surface area (Å²) in [6, 6.07) is 3.63. The minimum Gasteiger partial charge on any atom is -0.384 e. The molecule has 2 N–H and O–H groups in total. The smallest absolute Gasteiger partial charge is 0.123 e. The van der Waals surface area contributed by atoms with Gasteiger partial charge >= 0.3 is 0 Å². The fourth-order valence-corrected chi connectivity index (χ4v) is 0.952. The number of aliphatic imine (C=N–C) groups is 1. The molecular formula is C10H16N4. The molecule has 0 aliphatic heterocycles. The van der Waals surface area contributed by atoms with E-state index in [1.54, 1.807) is 12.4 Å². The SMILES string of the molecule is CCN(C)C=Nc1ccc(N)nc1C. The van der Waals surface area contributed by atoms with Crippen molar-refractivity contribution in [2.45, 2.75) is 13.8 Å². The molecule has 4 nitrogen and oxygen atoms in total. The largest absolute Gasteiger partial charge is 0.384 e. The molecule has 0 aliphatic carbocycles. The Bertz CT molecular complexity index is 333. The quantitative estimate of drug-likeness (QED) is 0.584. The van der Waals surface area contributed by atoms with Gasteiger partial charge in [0.15, 0.2) is 0 Å². The number of aromatic nitrogens is 1. The van der Waals surface area contributed by atoms with Gasteiger partial charge in [-0.1, -0.05) is 0 Å². The van der Waals surface area contributed by atoms with Gasteiger partial charge in [-0.2, -0.15) is 0 Å². The second-order valence-corrected chi connectivity index (χ2v) is 3.16. The Kier molecular flexibility index (Phi) is 3.45. The van der Waals surface area contributed by atoms with Gasteiger partial charge in [-0.3, -0.25) is 0 Å². The third-order valence-corrected chi connectivity index (χ3v) is 1.97. The average molecular weight is 192 g/mol. The number of nitrogens with two attached hydrogens (primary N) is 1. The van der Waals surface area contributed by atoms with E-state index in [1.165, 1.54) is 0 Å². The molecule has 4 heteroatoms. The lowest BCUT2D eigenvalue weighted by atomic mass is 10.3. The van der Waals surface area contributed by atoms with Gasteiger partial charge in [0.1, 0.15) is 5.82 Å². The molecule has 1 heterocycles. The van der Waals surface area contributed by atoms with Gasteiger partial charge in [-0.05, 0) is 26.0 Å². The third-order valence-electron chi connectivity index (χ3n) is 1.97. The maximum atomic E-state index is 5.54. The fourth-order valence-electron chi connectivity index (χ4n) is 0.952. The number of aryl methyl sites for hydroxylation is 1. The van der Waals surface area contributed by atoms with E-state index in [1.807, 2.05) is 24.9 Å². The molecular weight excluding hydrogens is 176 g/mol. The molecule has 0 radical (unpaired) electrons. The first-order valence-electron chi connectivity index (χ1n) is 4.61. The molecule has 1 rings (SSSR count). The number of rotatable bonds is 3. The molecule has 0 atom stereocenters. The highest BCUT2D eigenvalue weighted by atomic mass is 15.1. The summed E-state index contributed by atoms with van der Waals surface area (Å²) >= 11 is 0. The van der Waals surface area contributed by atoms with Crippen LogP contribution in [0.3, 0.4) is 0 Å². The highest BCUT2D eigenvalue weighted by molar-refractivity contribution is 5.62. The van der Waals surface area contributed by atoms with E-state index in [2.05, 4.69) is 16.9 Å². The van der Waals surface area contributed by atoms with Crippen LogP contribution in [0.2, 0.25) is 0 Å². The molecule has 0 bridgehead atoms. The van der Waals surface area contributed by atoms with Crippen molar-refractivity contribution >= 4 is 17.8 Å². The van der Waals surface area contributed by atoms with Gasteiger partial charge in [0, 0.05) is 13.6 Å². The van der Waals surface area contributed by atoms with Crippen LogP contribution in [-0.4, -0.2) is 29.8 Å². The summed E-state index contributed by atoms with van der Waals surface area (Å²) in [5.41, 5.74) is 7.25. The van der Waals surface area contributed by atoms with Crippen LogP contribution < -0.4 is 5.73 Å². The maximum absolute atomic E-state index is 5.54.